The van der Waals surface area contributed by atoms with E-state index in [1.165, 1.54) is 0 Å². The number of sulfonamides is 1. The molecular formula is C18H25N3O3S. The monoisotopic (exact) mass is 363 g/mol. The van der Waals surface area contributed by atoms with Crippen molar-refractivity contribution in [2.45, 2.75) is 44.6 Å². The number of hydrogen-bond acceptors (Lipinski definition) is 4. The van der Waals surface area contributed by atoms with Gasteiger partial charge in [0.15, 0.2) is 0 Å². The molecule has 136 valence electrons. The van der Waals surface area contributed by atoms with Gasteiger partial charge in [-0.25, -0.2) is 8.42 Å². The maximum absolute atomic E-state index is 12.9. The standard InChI is InChI=1S/C18H25N3O3S/c1-12(2)10-15(18(22)21-9-8-13(3)11-21)19-17-14-6-4-5-7-16(14)25(23,24)20-17/h4-7,12-13,15H,8-11H2,1-3H3,(H,19,20). The molecule has 0 saturated carbocycles. The van der Waals surface area contributed by atoms with Crippen LogP contribution in [0, 0.1) is 11.8 Å². The van der Waals surface area contributed by atoms with Gasteiger partial charge in [0.25, 0.3) is 10.0 Å². The predicted molar refractivity (Wildman–Crippen MR) is 96.9 cm³/mol. The van der Waals surface area contributed by atoms with E-state index in [2.05, 4.69) is 16.6 Å². The summed E-state index contributed by atoms with van der Waals surface area (Å²) in [6, 6.07) is 6.18. The van der Waals surface area contributed by atoms with Crippen LogP contribution in [-0.2, 0) is 14.8 Å². The SMILES string of the molecule is CC(C)CC(N=C1NS(=O)(=O)c2ccccc21)C(=O)N1CCC(C)C1. The normalized spacial score (nSPS) is 24.4. The molecule has 0 radical (unpaired) electrons. The molecule has 2 aliphatic heterocycles. The summed E-state index contributed by atoms with van der Waals surface area (Å²) < 4.78 is 27.0. The molecule has 1 aromatic carbocycles. The van der Waals surface area contributed by atoms with Crippen LogP contribution in [0.2, 0.25) is 0 Å². The van der Waals surface area contributed by atoms with E-state index in [0.717, 1.165) is 19.5 Å². The second kappa shape index (κ2) is 6.78. The lowest BCUT2D eigenvalue weighted by Gasteiger charge is -2.22. The number of amides is 1. The smallest absolute Gasteiger partial charge is 0.263 e. The number of rotatable bonds is 4. The molecule has 0 spiro atoms. The van der Waals surface area contributed by atoms with Gasteiger partial charge < -0.3 is 4.90 Å². The first kappa shape index (κ1) is 17.9. The van der Waals surface area contributed by atoms with Gasteiger partial charge in [-0.1, -0.05) is 32.9 Å². The third-order valence-electron chi connectivity index (χ3n) is 4.66. The van der Waals surface area contributed by atoms with E-state index < -0.39 is 16.1 Å². The first-order valence-corrected chi connectivity index (χ1v) is 10.2. The Morgan fingerprint density at radius 2 is 2.08 bits per heavy atom. The summed E-state index contributed by atoms with van der Waals surface area (Å²) in [6.45, 7) is 7.72. The molecule has 0 bridgehead atoms. The minimum atomic E-state index is -3.59. The highest BCUT2D eigenvalue weighted by atomic mass is 32.2. The minimum absolute atomic E-state index is 0.00544. The van der Waals surface area contributed by atoms with Crippen LogP contribution in [0.3, 0.4) is 0 Å². The largest absolute Gasteiger partial charge is 0.341 e. The van der Waals surface area contributed by atoms with Gasteiger partial charge in [0.05, 0.1) is 4.90 Å². The van der Waals surface area contributed by atoms with Crippen LogP contribution < -0.4 is 4.72 Å². The van der Waals surface area contributed by atoms with Gasteiger partial charge in [-0.05, 0) is 36.8 Å². The molecule has 7 heteroatoms. The van der Waals surface area contributed by atoms with E-state index in [1.807, 2.05) is 18.7 Å². The van der Waals surface area contributed by atoms with Gasteiger partial charge in [-0.15, -0.1) is 0 Å². The van der Waals surface area contributed by atoms with Gasteiger partial charge >= 0.3 is 0 Å². The van der Waals surface area contributed by atoms with Crippen LogP contribution in [-0.4, -0.2) is 44.2 Å². The van der Waals surface area contributed by atoms with E-state index in [9.17, 15) is 13.2 Å². The van der Waals surface area contributed by atoms with Crippen molar-refractivity contribution in [1.29, 1.82) is 0 Å². The van der Waals surface area contributed by atoms with Crippen molar-refractivity contribution in [3.63, 3.8) is 0 Å². The molecule has 1 saturated heterocycles. The van der Waals surface area contributed by atoms with E-state index >= 15 is 0 Å². The molecule has 3 rings (SSSR count). The number of aliphatic imine (C=N–C) groups is 1. The number of amidine groups is 1. The first-order valence-electron chi connectivity index (χ1n) is 8.76. The quantitative estimate of drug-likeness (QED) is 0.889. The van der Waals surface area contributed by atoms with Gasteiger partial charge in [0.1, 0.15) is 11.9 Å². The lowest BCUT2D eigenvalue weighted by molar-refractivity contribution is -0.131. The summed E-state index contributed by atoms with van der Waals surface area (Å²) >= 11 is 0. The molecule has 0 aliphatic carbocycles. The van der Waals surface area contributed by atoms with Crippen molar-refractivity contribution < 1.29 is 13.2 Å². The third kappa shape index (κ3) is 3.71. The van der Waals surface area contributed by atoms with Crippen LogP contribution in [0.5, 0.6) is 0 Å². The Morgan fingerprint density at radius 1 is 1.36 bits per heavy atom. The van der Waals surface area contributed by atoms with E-state index in [-0.39, 0.29) is 22.6 Å². The maximum Gasteiger partial charge on any atom is 0.263 e. The van der Waals surface area contributed by atoms with E-state index in [4.69, 9.17) is 0 Å². The topological polar surface area (TPSA) is 78.8 Å². The Kier molecular flexibility index (Phi) is 4.86. The summed E-state index contributed by atoms with van der Waals surface area (Å²) in [5.74, 6) is 1.06. The summed E-state index contributed by atoms with van der Waals surface area (Å²) in [5.41, 5.74) is 0.541. The average molecular weight is 363 g/mol. The number of likely N-dealkylation sites (tertiary alicyclic amines) is 1. The summed E-state index contributed by atoms with van der Waals surface area (Å²) in [5, 5.41) is 0. The fraction of sp³-hybridized carbons (Fsp3) is 0.556. The van der Waals surface area contributed by atoms with Gasteiger partial charge in [-0.2, -0.15) is 0 Å². The highest BCUT2D eigenvalue weighted by Crippen LogP contribution is 2.25. The predicted octanol–water partition coefficient (Wildman–Crippen LogP) is 2.01. The lowest BCUT2D eigenvalue weighted by Crippen LogP contribution is -2.38. The number of benzene rings is 1. The van der Waals surface area contributed by atoms with Crippen molar-refractivity contribution >= 4 is 21.8 Å². The Morgan fingerprint density at radius 3 is 2.72 bits per heavy atom. The van der Waals surface area contributed by atoms with Gasteiger partial charge in [0, 0.05) is 18.7 Å². The molecule has 2 unspecified atom stereocenters. The van der Waals surface area contributed by atoms with Crippen molar-refractivity contribution in [3.05, 3.63) is 29.8 Å². The average Bonchev–Trinajstić information content (AvgIpc) is 3.08. The van der Waals surface area contributed by atoms with E-state index in [0.29, 0.717) is 17.9 Å². The Hall–Kier alpha value is -1.89. The zero-order valence-corrected chi connectivity index (χ0v) is 15.7. The van der Waals surface area contributed by atoms with Crippen molar-refractivity contribution in [3.8, 4) is 0 Å². The molecule has 6 nitrogen and oxygen atoms in total. The molecular weight excluding hydrogens is 338 g/mol. The highest BCUT2D eigenvalue weighted by Gasteiger charge is 2.34. The van der Waals surface area contributed by atoms with Crippen LogP contribution >= 0.6 is 0 Å². The molecule has 2 heterocycles. The Bertz CT molecular complexity index is 802. The van der Waals surface area contributed by atoms with Gasteiger partial charge in [0.2, 0.25) is 5.91 Å². The van der Waals surface area contributed by atoms with E-state index in [1.54, 1.807) is 24.3 Å². The lowest BCUT2D eigenvalue weighted by atomic mass is 10.0. The van der Waals surface area contributed by atoms with Crippen LogP contribution in [0.15, 0.2) is 34.2 Å². The van der Waals surface area contributed by atoms with Crippen molar-refractivity contribution in [2.75, 3.05) is 13.1 Å². The Labute approximate surface area is 149 Å². The summed E-state index contributed by atoms with van der Waals surface area (Å²) in [6.07, 6.45) is 1.60. The van der Waals surface area contributed by atoms with Crippen LogP contribution in [0.25, 0.3) is 0 Å². The van der Waals surface area contributed by atoms with Crippen molar-refractivity contribution in [2.24, 2.45) is 16.8 Å². The fourth-order valence-electron chi connectivity index (χ4n) is 3.39. The molecule has 1 amide bonds. The molecule has 25 heavy (non-hydrogen) atoms. The molecule has 1 aromatic rings. The number of fused-ring (bicyclic) bond motifs is 1. The highest BCUT2D eigenvalue weighted by molar-refractivity contribution is 7.90. The summed E-state index contributed by atoms with van der Waals surface area (Å²) in [4.78, 5) is 19.6. The second-order valence-corrected chi connectivity index (χ2v) is 9.05. The molecule has 2 atom stereocenters. The fourth-order valence-corrected chi connectivity index (χ4v) is 4.63. The van der Waals surface area contributed by atoms with Gasteiger partial charge in [-0.3, -0.25) is 14.5 Å². The molecule has 1 N–H and O–H groups in total. The molecule has 1 fully saturated rings. The zero-order chi connectivity index (χ0) is 18.2. The zero-order valence-electron chi connectivity index (χ0n) is 14.9. The van der Waals surface area contributed by atoms with Crippen molar-refractivity contribution in [1.82, 2.24) is 9.62 Å². The number of carbonyl (C=O) groups is 1. The second-order valence-electron chi connectivity index (χ2n) is 7.40. The van der Waals surface area contributed by atoms with Crippen LogP contribution in [0.1, 0.15) is 39.2 Å². The number of nitrogens with one attached hydrogen (secondary N) is 1. The number of nitrogens with zero attached hydrogens (tertiary/aromatic N) is 2. The van der Waals surface area contributed by atoms with Crippen LogP contribution in [0.4, 0.5) is 0 Å². The third-order valence-corrected chi connectivity index (χ3v) is 6.06. The number of hydrogen-bond donors (Lipinski definition) is 1. The summed E-state index contributed by atoms with van der Waals surface area (Å²) in [7, 11) is -3.59. The minimum Gasteiger partial charge on any atom is -0.341 e. The Balaban J connectivity index is 1.93. The maximum atomic E-state index is 12.9. The molecule has 0 aromatic heterocycles. The number of carbonyl (C=O) groups excluding carboxylic acids is 1. The first-order chi connectivity index (χ1) is 11.8. The molecule has 2 aliphatic rings.